The number of nitrogens with zero attached hydrogens (tertiary/aromatic N) is 3. The minimum absolute atomic E-state index is 0.00743. The van der Waals surface area contributed by atoms with E-state index < -0.39 is 35.4 Å². The number of aliphatic carboxylic acids is 1. The Morgan fingerprint density at radius 2 is 1.66 bits per heavy atom. The van der Waals surface area contributed by atoms with Gasteiger partial charge in [0.2, 0.25) is 5.91 Å². The first-order valence-electron chi connectivity index (χ1n) is 13.6. The van der Waals surface area contributed by atoms with Crippen LogP contribution in [0.5, 0.6) is 0 Å². The summed E-state index contributed by atoms with van der Waals surface area (Å²) in [5.74, 6) is -3.70. The van der Waals surface area contributed by atoms with E-state index in [1.54, 1.807) is 24.4 Å². The van der Waals surface area contributed by atoms with Gasteiger partial charge in [0.25, 0.3) is 0 Å². The number of hydrogen-bond donors (Lipinski definition) is 4. The zero-order chi connectivity index (χ0) is 34.7. The highest BCUT2D eigenvalue weighted by Crippen LogP contribution is 2.44. The number of anilines is 2. The lowest BCUT2D eigenvalue weighted by atomic mass is 9.76. The maximum atomic E-state index is 13.1. The van der Waals surface area contributed by atoms with Gasteiger partial charge in [0.05, 0.1) is 21.7 Å². The Morgan fingerprint density at radius 3 is 2.28 bits per heavy atom. The van der Waals surface area contributed by atoms with Gasteiger partial charge in [0.1, 0.15) is 22.2 Å². The number of aromatic carboxylic acids is 1. The number of pyridine rings is 2. The first-order valence-corrected chi connectivity index (χ1v) is 14.4. The van der Waals surface area contributed by atoms with E-state index in [9.17, 15) is 41.0 Å². The monoisotopic (exact) mass is 681 g/mol. The highest BCUT2D eigenvalue weighted by atomic mass is 32.1. The highest BCUT2D eigenvalue weighted by Gasteiger charge is 2.42. The van der Waals surface area contributed by atoms with Crippen molar-refractivity contribution >= 4 is 40.8 Å². The number of alkyl halides is 6. The Labute approximate surface area is 266 Å². The summed E-state index contributed by atoms with van der Waals surface area (Å²) in [5, 5.41) is 23.1. The number of thiazole rings is 1. The molecule has 4 aromatic rings. The van der Waals surface area contributed by atoms with Crippen LogP contribution in [0.25, 0.3) is 10.6 Å². The quantitative estimate of drug-likeness (QED) is 0.162. The fourth-order valence-electron chi connectivity index (χ4n) is 4.99. The van der Waals surface area contributed by atoms with E-state index in [0.717, 1.165) is 35.0 Å². The van der Waals surface area contributed by atoms with Crippen LogP contribution >= 0.6 is 11.3 Å². The molecular weight excluding hydrogens is 656 g/mol. The van der Waals surface area contributed by atoms with Gasteiger partial charge in [0.15, 0.2) is 0 Å². The largest absolute Gasteiger partial charge is 0.490 e. The van der Waals surface area contributed by atoms with Crippen molar-refractivity contribution < 1.29 is 50.9 Å². The molecule has 0 saturated heterocycles. The average molecular weight is 682 g/mol. The number of carboxylic acids is 2. The van der Waals surface area contributed by atoms with E-state index >= 15 is 0 Å². The fourth-order valence-corrected chi connectivity index (χ4v) is 6.05. The van der Waals surface area contributed by atoms with Gasteiger partial charge in [-0.15, -0.1) is 11.3 Å². The molecule has 17 heteroatoms. The van der Waals surface area contributed by atoms with Gasteiger partial charge < -0.3 is 20.8 Å². The summed E-state index contributed by atoms with van der Waals surface area (Å²) in [5.41, 5.74) is 1.42. The molecule has 10 nitrogen and oxygen atoms in total. The number of rotatable bonds is 6. The summed E-state index contributed by atoms with van der Waals surface area (Å²) in [7, 11) is 0. The van der Waals surface area contributed by atoms with E-state index in [4.69, 9.17) is 9.90 Å². The van der Waals surface area contributed by atoms with Crippen molar-refractivity contribution in [3.63, 3.8) is 0 Å². The molecule has 4 N–H and O–H groups in total. The molecule has 1 atom stereocenters. The van der Waals surface area contributed by atoms with Crippen LogP contribution in [-0.2, 0) is 27.7 Å². The summed E-state index contributed by atoms with van der Waals surface area (Å²) in [6.45, 7) is 3.27. The van der Waals surface area contributed by atoms with E-state index in [2.05, 4.69) is 25.6 Å². The summed E-state index contributed by atoms with van der Waals surface area (Å²) in [6.07, 6.45) is -4.88. The number of aryl methyl sites for hydroxylation is 2. The van der Waals surface area contributed by atoms with E-state index in [1.165, 1.54) is 24.3 Å². The van der Waals surface area contributed by atoms with Crippen LogP contribution in [0.1, 0.15) is 57.4 Å². The van der Waals surface area contributed by atoms with Crippen molar-refractivity contribution in [2.75, 3.05) is 5.32 Å². The SMILES string of the molecule is CC(=O)NC1(c2ncc(-c3cc(C)cc(Nc4cc(C(F)(F)F)ccn4)n3)s2)CCCc2cc(C(=O)O)ccc21.O=C(O)C(F)(F)F. The Kier molecular flexibility index (Phi) is 9.89. The van der Waals surface area contributed by atoms with Crippen LogP contribution in [0.3, 0.4) is 0 Å². The molecule has 248 valence electrons. The number of fused-ring (bicyclic) bond motifs is 1. The second kappa shape index (κ2) is 13.4. The lowest BCUT2D eigenvalue weighted by Gasteiger charge is -2.38. The molecule has 0 bridgehead atoms. The molecular formula is C30H25F6N5O5S. The van der Waals surface area contributed by atoms with Gasteiger partial charge in [-0.05, 0) is 79.3 Å². The van der Waals surface area contributed by atoms with Gasteiger partial charge >= 0.3 is 24.3 Å². The van der Waals surface area contributed by atoms with Gasteiger partial charge in [-0.1, -0.05) is 6.07 Å². The molecule has 1 aliphatic rings. The second-order valence-corrected chi connectivity index (χ2v) is 11.4. The van der Waals surface area contributed by atoms with Gasteiger partial charge in [-0.25, -0.2) is 24.5 Å². The summed E-state index contributed by atoms with van der Waals surface area (Å²) < 4.78 is 71.2. The maximum Gasteiger partial charge on any atom is 0.490 e. The van der Waals surface area contributed by atoms with Crippen molar-refractivity contribution in [3.8, 4) is 10.6 Å². The minimum atomic E-state index is -5.08. The van der Waals surface area contributed by atoms with E-state index in [1.807, 2.05) is 13.0 Å². The third-order valence-electron chi connectivity index (χ3n) is 6.88. The molecule has 3 heterocycles. The Balaban J connectivity index is 0.000000644. The smallest absolute Gasteiger partial charge is 0.478 e. The van der Waals surface area contributed by atoms with Gasteiger partial charge in [-0.2, -0.15) is 26.3 Å². The highest BCUT2D eigenvalue weighted by molar-refractivity contribution is 7.15. The molecule has 0 saturated carbocycles. The number of hydrogen-bond acceptors (Lipinski definition) is 8. The van der Waals surface area contributed by atoms with Gasteiger partial charge in [0, 0.05) is 19.3 Å². The zero-order valence-corrected chi connectivity index (χ0v) is 25.3. The lowest BCUT2D eigenvalue weighted by molar-refractivity contribution is -0.192. The number of nitrogens with one attached hydrogen (secondary N) is 2. The number of benzene rings is 1. The van der Waals surface area contributed by atoms with Crippen LogP contribution in [-0.4, -0.2) is 49.2 Å². The molecule has 47 heavy (non-hydrogen) atoms. The third kappa shape index (κ3) is 8.21. The van der Waals surface area contributed by atoms with Crippen molar-refractivity contribution in [1.29, 1.82) is 0 Å². The fraction of sp³-hybridized carbons (Fsp3) is 0.267. The first-order chi connectivity index (χ1) is 21.9. The predicted molar refractivity (Wildman–Crippen MR) is 157 cm³/mol. The molecule has 3 aromatic heterocycles. The summed E-state index contributed by atoms with van der Waals surface area (Å²) in [4.78, 5) is 46.8. The number of aromatic nitrogens is 3. The molecule has 0 spiro atoms. The topological polar surface area (TPSA) is 154 Å². The van der Waals surface area contributed by atoms with Crippen molar-refractivity contribution in [1.82, 2.24) is 20.3 Å². The second-order valence-electron chi connectivity index (χ2n) is 10.4. The van der Waals surface area contributed by atoms with Crippen LogP contribution in [0.2, 0.25) is 0 Å². The summed E-state index contributed by atoms with van der Waals surface area (Å²) >= 11 is 1.34. The number of halogens is 6. The Bertz CT molecular complexity index is 1830. The number of carboxylic acid groups (broad SMARTS) is 2. The minimum Gasteiger partial charge on any atom is -0.478 e. The zero-order valence-electron chi connectivity index (χ0n) is 24.5. The van der Waals surface area contributed by atoms with Crippen LogP contribution in [0.15, 0.2) is 54.9 Å². The van der Waals surface area contributed by atoms with Crippen molar-refractivity contribution in [3.05, 3.63) is 87.7 Å². The van der Waals surface area contributed by atoms with Crippen LogP contribution in [0, 0.1) is 6.92 Å². The maximum absolute atomic E-state index is 13.1. The number of amides is 1. The molecule has 0 fully saturated rings. The standard InChI is InChI=1S/C28H24F3N5O3S.C2HF3O2/c1-15-10-21(34-24(11-15)35-23-13-19(7-9-32-23)28(29,30)31)22-14-33-26(40-22)27(36-16(2)37)8-3-4-17-12-18(25(38)39)5-6-20(17)27;3-2(4,5)1(6)7/h5-7,9-14H,3-4,8H2,1-2H3,(H,36,37)(H,38,39)(H,32,34,35);(H,6,7). The van der Waals surface area contributed by atoms with Crippen molar-refractivity contribution in [2.45, 2.75) is 51.0 Å². The van der Waals surface area contributed by atoms with Crippen LogP contribution < -0.4 is 10.6 Å². The molecule has 1 amide bonds. The third-order valence-corrected chi connectivity index (χ3v) is 8.06. The molecule has 1 unspecified atom stereocenters. The lowest BCUT2D eigenvalue weighted by Crippen LogP contribution is -2.48. The summed E-state index contributed by atoms with van der Waals surface area (Å²) in [6, 6.07) is 10.3. The van der Waals surface area contributed by atoms with Crippen LogP contribution in [0.4, 0.5) is 38.0 Å². The normalized spacial score (nSPS) is 15.9. The molecule has 0 aliphatic heterocycles. The first kappa shape index (κ1) is 34.8. The molecule has 1 aliphatic carbocycles. The molecule has 5 rings (SSSR count). The van der Waals surface area contributed by atoms with Crippen molar-refractivity contribution in [2.24, 2.45) is 0 Å². The molecule has 1 aromatic carbocycles. The molecule has 0 radical (unpaired) electrons. The number of carbonyl (C=O) groups is 3. The van der Waals surface area contributed by atoms with E-state index in [0.29, 0.717) is 40.7 Å². The van der Waals surface area contributed by atoms with Gasteiger partial charge in [-0.3, -0.25) is 4.79 Å². The Morgan fingerprint density at radius 1 is 0.957 bits per heavy atom. The predicted octanol–water partition coefficient (Wildman–Crippen LogP) is 6.72. The Hall–Kier alpha value is -5.06. The van der Waals surface area contributed by atoms with E-state index in [-0.39, 0.29) is 17.3 Å². The average Bonchev–Trinajstić information content (AvgIpc) is 3.47. The number of carbonyl (C=O) groups excluding carboxylic acids is 1.